The van der Waals surface area contributed by atoms with Gasteiger partial charge in [0.05, 0.1) is 28.3 Å². The molecule has 0 saturated carbocycles. The van der Waals surface area contributed by atoms with Gasteiger partial charge >= 0.3 is 6.09 Å². The normalized spacial score (nSPS) is 10.6. The highest BCUT2D eigenvalue weighted by Crippen LogP contribution is 2.30. The minimum Gasteiger partial charge on any atom is -0.496 e. The molecule has 0 aromatic heterocycles. The van der Waals surface area contributed by atoms with E-state index in [0.717, 1.165) is 6.07 Å². The quantitative estimate of drug-likeness (QED) is 0.470. The molecule has 0 radical (unpaired) electrons. The number of hydrogen-bond acceptors (Lipinski definition) is 4. The first-order valence-electron chi connectivity index (χ1n) is 6.71. The summed E-state index contributed by atoms with van der Waals surface area (Å²) in [5.74, 6) is 0.533. The van der Waals surface area contributed by atoms with Gasteiger partial charge in [-0.3, -0.25) is 15.4 Å². The molecule has 0 atom stereocenters. The third-order valence-electron chi connectivity index (χ3n) is 3.14. The third-order valence-corrected chi connectivity index (χ3v) is 3.47. The lowest BCUT2D eigenvalue weighted by atomic mass is 10.1. The number of nitro benzene ring substituents is 1. The molecule has 0 spiro atoms. The highest BCUT2D eigenvalue weighted by molar-refractivity contribution is 6.32. The lowest BCUT2D eigenvalue weighted by molar-refractivity contribution is -0.385. The van der Waals surface area contributed by atoms with Crippen molar-refractivity contribution in [1.82, 2.24) is 0 Å². The fourth-order valence-electron chi connectivity index (χ4n) is 2.07. The van der Waals surface area contributed by atoms with Crippen molar-refractivity contribution < 1.29 is 19.6 Å². The van der Waals surface area contributed by atoms with Gasteiger partial charge in [-0.15, -0.1) is 0 Å². The molecule has 8 heteroatoms. The molecule has 2 rings (SSSR count). The zero-order valence-corrected chi connectivity index (χ0v) is 13.3. The Kier molecular flexibility index (Phi) is 5.39. The number of ether oxygens (including phenoxy) is 1. The molecule has 0 unspecified atom stereocenters. The SMILES string of the molecule is COc1cccc(Cl)c1/C=C/c1ccc(NC(=O)O)cc1[N+](=O)[O-]. The summed E-state index contributed by atoms with van der Waals surface area (Å²) < 4.78 is 5.21. The van der Waals surface area contributed by atoms with Gasteiger partial charge in [-0.2, -0.15) is 0 Å². The highest BCUT2D eigenvalue weighted by Gasteiger charge is 2.14. The zero-order valence-electron chi connectivity index (χ0n) is 12.5. The van der Waals surface area contributed by atoms with Crippen LogP contribution in [0.3, 0.4) is 0 Å². The maximum absolute atomic E-state index is 11.2. The topological polar surface area (TPSA) is 102 Å². The van der Waals surface area contributed by atoms with Crippen LogP contribution >= 0.6 is 11.6 Å². The van der Waals surface area contributed by atoms with Crippen molar-refractivity contribution in [2.75, 3.05) is 12.4 Å². The number of hydrogen-bond donors (Lipinski definition) is 2. The molecular formula is C16H13ClN2O5. The Bertz CT molecular complexity index is 820. The van der Waals surface area contributed by atoms with E-state index in [-0.39, 0.29) is 11.4 Å². The Balaban J connectivity index is 2.42. The molecule has 0 saturated heterocycles. The van der Waals surface area contributed by atoms with Crippen molar-refractivity contribution in [3.8, 4) is 5.75 Å². The second-order valence-electron chi connectivity index (χ2n) is 4.65. The molecule has 0 aliphatic carbocycles. The van der Waals surface area contributed by atoms with Gasteiger partial charge in [0.1, 0.15) is 5.75 Å². The average molecular weight is 349 g/mol. The molecule has 0 aliphatic heterocycles. The number of carboxylic acid groups (broad SMARTS) is 1. The van der Waals surface area contributed by atoms with Crippen LogP contribution in [0.4, 0.5) is 16.2 Å². The van der Waals surface area contributed by atoms with E-state index < -0.39 is 11.0 Å². The van der Waals surface area contributed by atoms with Gasteiger partial charge < -0.3 is 9.84 Å². The van der Waals surface area contributed by atoms with Gasteiger partial charge in [0.15, 0.2) is 0 Å². The maximum Gasteiger partial charge on any atom is 0.409 e. The van der Waals surface area contributed by atoms with Crippen molar-refractivity contribution >= 4 is 41.2 Å². The highest BCUT2D eigenvalue weighted by atomic mass is 35.5. The Labute approximate surface area is 142 Å². The monoisotopic (exact) mass is 348 g/mol. The predicted molar refractivity (Wildman–Crippen MR) is 91.7 cm³/mol. The molecule has 0 heterocycles. The molecule has 124 valence electrons. The number of rotatable bonds is 5. The molecule has 0 aliphatic rings. The van der Waals surface area contributed by atoms with E-state index in [9.17, 15) is 14.9 Å². The number of nitrogens with zero attached hydrogens (tertiary/aromatic N) is 1. The van der Waals surface area contributed by atoms with Crippen LogP contribution in [-0.2, 0) is 0 Å². The van der Waals surface area contributed by atoms with Crippen LogP contribution in [0.15, 0.2) is 36.4 Å². The van der Waals surface area contributed by atoms with Crippen LogP contribution in [0.2, 0.25) is 5.02 Å². The summed E-state index contributed by atoms with van der Waals surface area (Å²) in [4.78, 5) is 21.3. The number of amides is 1. The van der Waals surface area contributed by atoms with Crippen molar-refractivity contribution in [2.45, 2.75) is 0 Å². The van der Waals surface area contributed by atoms with Crippen molar-refractivity contribution in [3.05, 3.63) is 62.7 Å². The number of halogens is 1. The summed E-state index contributed by atoms with van der Waals surface area (Å²) in [7, 11) is 1.50. The van der Waals surface area contributed by atoms with E-state index in [4.69, 9.17) is 21.4 Å². The molecule has 0 bridgehead atoms. The summed E-state index contributed by atoms with van der Waals surface area (Å²) >= 11 is 6.12. The number of nitro groups is 1. The Hall–Kier alpha value is -3.06. The summed E-state index contributed by atoms with van der Waals surface area (Å²) in [5, 5.41) is 22.4. The van der Waals surface area contributed by atoms with E-state index >= 15 is 0 Å². The summed E-state index contributed by atoms with van der Waals surface area (Å²) in [6, 6.07) is 9.16. The second-order valence-corrected chi connectivity index (χ2v) is 5.06. The van der Waals surface area contributed by atoms with Crippen molar-refractivity contribution in [1.29, 1.82) is 0 Å². The fourth-order valence-corrected chi connectivity index (χ4v) is 2.30. The van der Waals surface area contributed by atoms with Crippen LogP contribution < -0.4 is 10.1 Å². The van der Waals surface area contributed by atoms with Crippen LogP contribution in [0.5, 0.6) is 5.75 Å². The lowest BCUT2D eigenvalue weighted by Crippen LogP contribution is -2.07. The summed E-state index contributed by atoms with van der Waals surface area (Å²) in [5.41, 5.74) is 0.770. The van der Waals surface area contributed by atoms with E-state index in [1.54, 1.807) is 24.3 Å². The first-order chi connectivity index (χ1) is 11.4. The third kappa shape index (κ3) is 4.02. The molecule has 7 nitrogen and oxygen atoms in total. The molecule has 2 N–H and O–H groups in total. The second kappa shape index (κ2) is 7.47. The van der Waals surface area contributed by atoms with Crippen molar-refractivity contribution in [2.24, 2.45) is 0 Å². The van der Waals surface area contributed by atoms with E-state index in [1.807, 2.05) is 0 Å². The Morgan fingerprint density at radius 2 is 2.08 bits per heavy atom. The van der Waals surface area contributed by atoms with Gasteiger partial charge in [0, 0.05) is 11.6 Å². The molecule has 2 aromatic rings. The van der Waals surface area contributed by atoms with Crippen LogP contribution in [-0.4, -0.2) is 23.2 Å². The fraction of sp³-hybridized carbons (Fsp3) is 0.0625. The minimum absolute atomic E-state index is 0.113. The zero-order chi connectivity index (χ0) is 17.7. The van der Waals surface area contributed by atoms with E-state index in [0.29, 0.717) is 21.9 Å². The first kappa shape index (κ1) is 17.3. The predicted octanol–water partition coefficient (Wildman–Crippen LogP) is 4.52. The Morgan fingerprint density at radius 1 is 1.33 bits per heavy atom. The molecular weight excluding hydrogens is 336 g/mol. The standard InChI is InChI=1S/C16H13ClN2O5/c1-24-15-4-2-3-13(17)12(15)8-6-10-5-7-11(18-16(20)21)9-14(10)19(22)23/h2-9,18H,1H3,(H,20,21)/b8-6+. The lowest BCUT2D eigenvalue weighted by Gasteiger charge is -2.06. The van der Waals surface area contributed by atoms with Crippen LogP contribution in [0, 0.1) is 10.1 Å². The van der Waals surface area contributed by atoms with Crippen LogP contribution in [0.1, 0.15) is 11.1 Å². The van der Waals surface area contributed by atoms with Gasteiger partial charge in [0.25, 0.3) is 5.69 Å². The molecule has 0 fully saturated rings. The number of methoxy groups -OCH3 is 1. The Morgan fingerprint density at radius 3 is 2.71 bits per heavy atom. The molecule has 24 heavy (non-hydrogen) atoms. The molecule has 1 amide bonds. The van der Waals surface area contributed by atoms with Crippen molar-refractivity contribution in [3.63, 3.8) is 0 Å². The number of anilines is 1. The van der Waals surface area contributed by atoms with Crippen LogP contribution in [0.25, 0.3) is 12.2 Å². The average Bonchev–Trinajstić information content (AvgIpc) is 2.53. The summed E-state index contributed by atoms with van der Waals surface area (Å²) in [6.07, 6.45) is 1.83. The molecule has 2 aromatic carbocycles. The number of nitrogens with one attached hydrogen (secondary N) is 1. The largest absolute Gasteiger partial charge is 0.496 e. The smallest absolute Gasteiger partial charge is 0.409 e. The number of carbonyl (C=O) groups is 1. The van der Waals surface area contributed by atoms with E-state index in [1.165, 1.54) is 25.3 Å². The van der Waals surface area contributed by atoms with Gasteiger partial charge in [-0.05, 0) is 36.4 Å². The van der Waals surface area contributed by atoms with Gasteiger partial charge in [-0.25, -0.2) is 4.79 Å². The number of benzene rings is 2. The minimum atomic E-state index is -1.30. The van der Waals surface area contributed by atoms with Gasteiger partial charge in [0.2, 0.25) is 0 Å². The summed E-state index contributed by atoms with van der Waals surface area (Å²) in [6.45, 7) is 0. The maximum atomic E-state index is 11.2. The van der Waals surface area contributed by atoms with Gasteiger partial charge in [-0.1, -0.05) is 17.7 Å². The first-order valence-corrected chi connectivity index (χ1v) is 7.09. The van der Waals surface area contributed by atoms with E-state index in [2.05, 4.69) is 5.32 Å².